The summed E-state index contributed by atoms with van der Waals surface area (Å²) in [5, 5.41) is 3.75. The molecule has 0 heterocycles. The molecule has 0 amide bonds. The first-order valence-corrected chi connectivity index (χ1v) is 10.3. The molecule has 0 saturated heterocycles. The normalized spacial score (nSPS) is 16.5. The van der Waals surface area contributed by atoms with Crippen LogP contribution in [0.25, 0.3) is 0 Å². The summed E-state index contributed by atoms with van der Waals surface area (Å²) in [6, 6.07) is 4.81. The lowest BCUT2D eigenvalue weighted by Gasteiger charge is -2.22. The lowest BCUT2D eigenvalue weighted by molar-refractivity contribution is 0.276. The van der Waals surface area contributed by atoms with Gasteiger partial charge in [-0.25, -0.2) is 0 Å². The van der Waals surface area contributed by atoms with Crippen molar-refractivity contribution in [1.29, 1.82) is 0 Å². The fourth-order valence-electron chi connectivity index (χ4n) is 3.22. The standard InChI is InChI=1S/C20H32BrNO2/c1-3-12-24-20-14-18(21)16(13-19(20)23-4-2)15-22-17-10-8-6-5-7-9-11-17/h13-14,17,22H,3-12,15H2,1-2H3. The highest BCUT2D eigenvalue weighted by atomic mass is 79.9. The van der Waals surface area contributed by atoms with Crippen molar-refractivity contribution in [2.24, 2.45) is 0 Å². The lowest BCUT2D eigenvalue weighted by atomic mass is 9.96. The second-order valence-electron chi connectivity index (χ2n) is 6.59. The van der Waals surface area contributed by atoms with Crippen LogP contribution in [-0.4, -0.2) is 19.3 Å². The molecule has 0 atom stereocenters. The zero-order valence-corrected chi connectivity index (χ0v) is 16.8. The highest BCUT2D eigenvalue weighted by molar-refractivity contribution is 9.10. The van der Waals surface area contributed by atoms with E-state index in [1.807, 2.05) is 6.92 Å². The first kappa shape index (κ1) is 19.6. The van der Waals surface area contributed by atoms with Crippen LogP contribution in [0.3, 0.4) is 0 Å². The Kier molecular flexibility index (Phi) is 8.97. The minimum atomic E-state index is 0.642. The van der Waals surface area contributed by atoms with Gasteiger partial charge in [-0.1, -0.05) is 55.0 Å². The molecular formula is C20H32BrNO2. The number of ether oxygens (including phenoxy) is 2. The van der Waals surface area contributed by atoms with Gasteiger partial charge in [0.25, 0.3) is 0 Å². The van der Waals surface area contributed by atoms with Crippen molar-refractivity contribution in [2.75, 3.05) is 13.2 Å². The van der Waals surface area contributed by atoms with Gasteiger partial charge in [-0.15, -0.1) is 0 Å². The van der Waals surface area contributed by atoms with Crippen molar-refractivity contribution >= 4 is 15.9 Å². The van der Waals surface area contributed by atoms with E-state index in [0.29, 0.717) is 19.3 Å². The number of hydrogen-bond donors (Lipinski definition) is 1. The Morgan fingerprint density at radius 1 is 1.00 bits per heavy atom. The Balaban J connectivity index is 2.01. The highest BCUT2D eigenvalue weighted by Gasteiger charge is 2.14. The van der Waals surface area contributed by atoms with Crippen molar-refractivity contribution in [2.45, 2.75) is 77.8 Å². The molecule has 24 heavy (non-hydrogen) atoms. The Bertz CT molecular complexity index is 485. The molecule has 0 bridgehead atoms. The van der Waals surface area contributed by atoms with Gasteiger partial charge in [0.2, 0.25) is 0 Å². The van der Waals surface area contributed by atoms with E-state index in [1.54, 1.807) is 0 Å². The number of halogens is 1. The van der Waals surface area contributed by atoms with E-state index in [9.17, 15) is 0 Å². The maximum Gasteiger partial charge on any atom is 0.162 e. The maximum absolute atomic E-state index is 5.82. The fraction of sp³-hybridized carbons (Fsp3) is 0.700. The van der Waals surface area contributed by atoms with Crippen molar-refractivity contribution in [1.82, 2.24) is 5.32 Å². The van der Waals surface area contributed by atoms with E-state index >= 15 is 0 Å². The van der Waals surface area contributed by atoms with Gasteiger partial charge in [-0.05, 0) is 43.9 Å². The quantitative estimate of drug-likeness (QED) is 0.597. The van der Waals surface area contributed by atoms with Crippen LogP contribution in [-0.2, 0) is 6.54 Å². The summed E-state index contributed by atoms with van der Waals surface area (Å²) >= 11 is 3.70. The molecule has 4 heteroatoms. The van der Waals surface area contributed by atoms with Crippen LogP contribution in [0.4, 0.5) is 0 Å². The highest BCUT2D eigenvalue weighted by Crippen LogP contribution is 2.34. The Morgan fingerprint density at radius 3 is 2.33 bits per heavy atom. The second-order valence-corrected chi connectivity index (χ2v) is 7.45. The Labute approximate surface area is 155 Å². The van der Waals surface area contributed by atoms with Gasteiger partial charge < -0.3 is 14.8 Å². The minimum Gasteiger partial charge on any atom is -0.490 e. The third-order valence-electron chi connectivity index (χ3n) is 4.56. The molecule has 1 fully saturated rings. The zero-order chi connectivity index (χ0) is 17.2. The van der Waals surface area contributed by atoms with Crippen molar-refractivity contribution in [3.63, 3.8) is 0 Å². The van der Waals surface area contributed by atoms with Crippen LogP contribution in [0.5, 0.6) is 11.5 Å². The van der Waals surface area contributed by atoms with Crippen LogP contribution < -0.4 is 14.8 Å². The minimum absolute atomic E-state index is 0.642. The lowest BCUT2D eigenvalue weighted by Crippen LogP contribution is -2.29. The predicted molar refractivity (Wildman–Crippen MR) is 104 cm³/mol. The van der Waals surface area contributed by atoms with Crippen molar-refractivity contribution in [3.8, 4) is 11.5 Å². The van der Waals surface area contributed by atoms with E-state index in [-0.39, 0.29) is 0 Å². The number of hydrogen-bond acceptors (Lipinski definition) is 3. The maximum atomic E-state index is 5.82. The summed E-state index contributed by atoms with van der Waals surface area (Å²) in [6.07, 6.45) is 10.5. The fourth-order valence-corrected chi connectivity index (χ4v) is 3.68. The SMILES string of the molecule is CCCOc1cc(Br)c(CNC2CCCCCCC2)cc1OCC. The molecule has 0 unspecified atom stereocenters. The molecule has 2 rings (SSSR count). The first-order chi connectivity index (χ1) is 11.7. The third-order valence-corrected chi connectivity index (χ3v) is 5.30. The Morgan fingerprint density at radius 2 is 1.67 bits per heavy atom. The summed E-state index contributed by atoms with van der Waals surface area (Å²) < 4.78 is 12.7. The van der Waals surface area contributed by atoms with Gasteiger partial charge >= 0.3 is 0 Å². The second kappa shape index (κ2) is 11.0. The molecule has 1 saturated carbocycles. The third kappa shape index (κ3) is 6.29. The van der Waals surface area contributed by atoms with Crippen molar-refractivity contribution in [3.05, 3.63) is 22.2 Å². The van der Waals surface area contributed by atoms with Crippen LogP contribution in [0.1, 0.15) is 70.8 Å². The molecule has 1 aromatic rings. The van der Waals surface area contributed by atoms with Crippen LogP contribution in [0, 0.1) is 0 Å². The summed E-state index contributed by atoms with van der Waals surface area (Å²) in [5.74, 6) is 1.68. The van der Waals surface area contributed by atoms with E-state index < -0.39 is 0 Å². The van der Waals surface area contributed by atoms with Gasteiger partial charge in [0, 0.05) is 17.1 Å². The average molecular weight is 398 g/mol. The summed E-state index contributed by atoms with van der Waals surface area (Å²) in [6.45, 7) is 6.37. The topological polar surface area (TPSA) is 30.5 Å². The van der Waals surface area contributed by atoms with Gasteiger partial charge in [0.15, 0.2) is 11.5 Å². The van der Waals surface area contributed by atoms with E-state index in [2.05, 4.69) is 40.3 Å². The number of nitrogens with one attached hydrogen (secondary N) is 1. The molecule has 0 aromatic heterocycles. The average Bonchev–Trinajstić information content (AvgIpc) is 2.55. The summed E-state index contributed by atoms with van der Waals surface area (Å²) in [5.41, 5.74) is 1.24. The van der Waals surface area contributed by atoms with Gasteiger partial charge in [-0.2, -0.15) is 0 Å². The van der Waals surface area contributed by atoms with Crippen LogP contribution in [0.15, 0.2) is 16.6 Å². The number of rotatable bonds is 8. The van der Waals surface area contributed by atoms with Gasteiger partial charge in [0.1, 0.15) is 0 Å². The smallest absolute Gasteiger partial charge is 0.162 e. The molecule has 0 spiro atoms. The summed E-state index contributed by atoms with van der Waals surface area (Å²) in [7, 11) is 0. The molecule has 0 radical (unpaired) electrons. The predicted octanol–water partition coefficient (Wildman–Crippen LogP) is 5.84. The van der Waals surface area contributed by atoms with Gasteiger partial charge in [0.05, 0.1) is 13.2 Å². The molecule has 1 N–H and O–H groups in total. The molecule has 3 nitrogen and oxygen atoms in total. The van der Waals surface area contributed by atoms with Gasteiger partial charge in [-0.3, -0.25) is 0 Å². The largest absolute Gasteiger partial charge is 0.490 e. The summed E-state index contributed by atoms with van der Waals surface area (Å²) in [4.78, 5) is 0. The monoisotopic (exact) mass is 397 g/mol. The van der Waals surface area contributed by atoms with E-state index in [0.717, 1.165) is 28.9 Å². The molecule has 1 aliphatic rings. The van der Waals surface area contributed by atoms with Crippen molar-refractivity contribution < 1.29 is 9.47 Å². The Hall–Kier alpha value is -0.740. The molecule has 0 aliphatic heterocycles. The molecular weight excluding hydrogens is 366 g/mol. The molecule has 1 aliphatic carbocycles. The van der Waals surface area contributed by atoms with E-state index in [4.69, 9.17) is 9.47 Å². The van der Waals surface area contributed by atoms with E-state index in [1.165, 1.54) is 50.5 Å². The zero-order valence-electron chi connectivity index (χ0n) is 15.2. The van der Waals surface area contributed by atoms with Crippen LogP contribution in [0.2, 0.25) is 0 Å². The first-order valence-electron chi connectivity index (χ1n) is 9.56. The molecule has 1 aromatic carbocycles. The number of benzene rings is 1. The molecule has 136 valence electrons. The van der Waals surface area contributed by atoms with Crippen LogP contribution >= 0.6 is 15.9 Å².